The van der Waals surface area contributed by atoms with E-state index in [4.69, 9.17) is 19.6 Å². The van der Waals surface area contributed by atoms with Crippen molar-refractivity contribution in [2.24, 2.45) is 0 Å². The van der Waals surface area contributed by atoms with Gasteiger partial charge in [-0.05, 0) is 64.1 Å². The molecule has 0 aliphatic heterocycles. The smallest absolute Gasteiger partial charge is 0.313 e. The molecule has 26 heavy (non-hydrogen) atoms. The molecule has 2 N–H and O–H groups in total. The van der Waals surface area contributed by atoms with E-state index >= 15 is 0 Å². The molecule has 0 aliphatic rings. The molecular formula is C18H15FIN3O3. The van der Waals surface area contributed by atoms with Crippen LogP contribution in [0.4, 0.5) is 10.4 Å². The van der Waals surface area contributed by atoms with E-state index in [9.17, 15) is 4.39 Å². The van der Waals surface area contributed by atoms with Crippen LogP contribution in [0.15, 0.2) is 40.8 Å². The number of rotatable bonds is 6. The minimum Gasteiger partial charge on any atom is -0.493 e. The molecule has 0 saturated carbocycles. The topological polar surface area (TPSA) is 83.4 Å². The monoisotopic (exact) mass is 467 g/mol. The predicted molar refractivity (Wildman–Crippen MR) is 104 cm³/mol. The van der Waals surface area contributed by atoms with E-state index in [0.29, 0.717) is 24.0 Å². The van der Waals surface area contributed by atoms with E-state index in [-0.39, 0.29) is 11.8 Å². The van der Waals surface area contributed by atoms with Gasteiger partial charge in [0.1, 0.15) is 12.4 Å². The molecule has 3 rings (SSSR count). The molecule has 0 radical (unpaired) electrons. The second-order valence-electron chi connectivity index (χ2n) is 5.26. The zero-order valence-corrected chi connectivity index (χ0v) is 15.9. The molecule has 0 aliphatic carbocycles. The van der Waals surface area contributed by atoms with E-state index in [1.54, 1.807) is 31.4 Å². The van der Waals surface area contributed by atoms with Gasteiger partial charge in [0.25, 0.3) is 0 Å². The Hall–Kier alpha value is -2.62. The summed E-state index contributed by atoms with van der Waals surface area (Å²) in [6.45, 7) is 0.309. The molecule has 0 amide bonds. The Kier molecular flexibility index (Phi) is 5.71. The number of nitrogens with zero attached hydrogens (tertiary/aromatic N) is 2. The first-order valence-corrected chi connectivity index (χ1v) is 8.65. The fourth-order valence-electron chi connectivity index (χ4n) is 2.19. The van der Waals surface area contributed by atoms with Crippen molar-refractivity contribution in [2.45, 2.75) is 6.61 Å². The molecule has 1 heterocycles. The van der Waals surface area contributed by atoms with Crippen LogP contribution in [0.25, 0.3) is 12.2 Å². The van der Waals surface area contributed by atoms with Crippen LogP contribution in [0.3, 0.4) is 0 Å². The number of halogens is 2. The summed E-state index contributed by atoms with van der Waals surface area (Å²) in [7, 11) is 1.57. The number of hydrogen-bond acceptors (Lipinski definition) is 6. The van der Waals surface area contributed by atoms with Crippen molar-refractivity contribution < 1.29 is 18.3 Å². The van der Waals surface area contributed by atoms with Gasteiger partial charge in [0, 0.05) is 6.08 Å². The van der Waals surface area contributed by atoms with Crippen LogP contribution < -0.4 is 15.2 Å². The van der Waals surface area contributed by atoms with Gasteiger partial charge >= 0.3 is 6.01 Å². The number of nitrogen functional groups attached to an aromatic ring is 1. The number of ether oxygens (including phenoxy) is 2. The number of benzene rings is 2. The lowest BCUT2D eigenvalue weighted by atomic mass is 10.2. The molecule has 6 nitrogen and oxygen atoms in total. The summed E-state index contributed by atoms with van der Waals surface area (Å²) < 4.78 is 30.3. The molecule has 1 aromatic heterocycles. The third-order valence-electron chi connectivity index (χ3n) is 3.42. The van der Waals surface area contributed by atoms with Crippen LogP contribution in [0, 0.1) is 9.39 Å². The zero-order valence-electron chi connectivity index (χ0n) is 13.8. The summed E-state index contributed by atoms with van der Waals surface area (Å²) in [5.41, 5.74) is 7.13. The summed E-state index contributed by atoms with van der Waals surface area (Å²) in [4.78, 5) is 0. The molecule has 3 aromatic rings. The lowest BCUT2D eigenvalue weighted by Gasteiger charge is -2.13. The summed E-state index contributed by atoms with van der Waals surface area (Å²) in [6.07, 6.45) is 3.47. The number of anilines is 1. The number of hydrogen-bond donors (Lipinski definition) is 1. The molecule has 0 fully saturated rings. The molecule has 0 bridgehead atoms. The molecule has 0 unspecified atom stereocenters. The van der Waals surface area contributed by atoms with Gasteiger partial charge in [-0.1, -0.05) is 17.2 Å². The maximum Gasteiger partial charge on any atom is 0.313 e. The Balaban J connectivity index is 1.78. The highest BCUT2D eigenvalue weighted by molar-refractivity contribution is 14.1. The summed E-state index contributed by atoms with van der Waals surface area (Å²) in [6, 6.07) is 9.95. The number of methoxy groups -OCH3 is 1. The molecular weight excluding hydrogens is 452 g/mol. The molecule has 2 aromatic carbocycles. The second kappa shape index (κ2) is 8.17. The first-order valence-electron chi connectivity index (χ1n) is 7.57. The molecule has 8 heteroatoms. The lowest BCUT2D eigenvalue weighted by molar-refractivity contribution is 0.282. The maximum absolute atomic E-state index is 13.0. The molecule has 0 saturated heterocycles. The second-order valence-corrected chi connectivity index (χ2v) is 6.42. The van der Waals surface area contributed by atoms with Crippen molar-refractivity contribution in [3.63, 3.8) is 0 Å². The fourth-order valence-corrected chi connectivity index (χ4v) is 2.97. The highest BCUT2D eigenvalue weighted by Gasteiger charge is 2.11. The largest absolute Gasteiger partial charge is 0.493 e. The van der Waals surface area contributed by atoms with Crippen molar-refractivity contribution in [1.29, 1.82) is 0 Å². The van der Waals surface area contributed by atoms with Crippen molar-refractivity contribution in [3.05, 3.63) is 62.8 Å². The highest BCUT2D eigenvalue weighted by Crippen LogP contribution is 2.35. The van der Waals surface area contributed by atoms with E-state index in [0.717, 1.165) is 14.7 Å². The van der Waals surface area contributed by atoms with Gasteiger partial charge in [0.2, 0.25) is 5.89 Å². The van der Waals surface area contributed by atoms with Crippen LogP contribution in [0.1, 0.15) is 17.0 Å². The first kappa shape index (κ1) is 18.2. The Morgan fingerprint density at radius 1 is 1.19 bits per heavy atom. The van der Waals surface area contributed by atoms with Gasteiger partial charge in [-0.3, -0.25) is 0 Å². The van der Waals surface area contributed by atoms with Crippen molar-refractivity contribution >= 4 is 40.8 Å². The van der Waals surface area contributed by atoms with Crippen LogP contribution >= 0.6 is 22.6 Å². The van der Waals surface area contributed by atoms with Gasteiger partial charge in [0.05, 0.1) is 10.7 Å². The highest BCUT2D eigenvalue weighted by atomic mass is 127. The predicted octanol–water partition coefficient (Wildman–Crippen LogP) is 4.15. The lowest BCUT2D eigenvalue weighted by Crippen LogP contribution is -2.00. The average molecular weight is 467 g/mol. The van der Waals surface area contributed by atoms with Crippen LogP contribution in [0.5, 0.6) is 11.5 Å². The summed E-state index contributed by atoms with van der Waals surface area (Å²) >= 11 is 2.17. The van der Waals surface area contributed by atoms with Crippen LogP contribution in [0.2, 0.25) is 0 Å². The average Bonchev–Trinajstić information content (AvgIpc) is 3.05. The molecule has 0 atom stereocenters. The van der Waals surface area contributed by atoms with E-state index in [2.05, 4.69) is 32.8 Å². The molecule has 134 valence electrons. The Labute approximate surface area is 163 Å². The van der Waals surface area contributed by atoms with E-state index in [1.807, 2.05) is 12.1 Å². The summed E-state index contributed by atoms with van der Waals surface area (Å²) in [5.74, 6) is 1.24. The van der Waals surface area contributed by atoms with Crippen LogP contribution in [-0.4, -0.2) is 17.3 Å². The molecule has 0 spiro atoms. The Bertz CT molecular complexity index is 926. The van der Waals surface area contributed by atoms with Gasteiger partial charge in [-0.2, -0.15) is 0 Å². The van der Waals surface area contributed by atoms with Gasteiger partial charge < -0.3 is 19.6 Å². The van der Waals surface area contributed by atoms with Crippen molar-refractivity contribution in [2.75, 3.05) is 12.8 Å². The normalized spacial score (nSPS) is 11.0. The van der Waals surface area contributed by atoms with Gasteiger partial charge in [-0.15, -0.1) is 5.10 Å². The third kappa shape index (κ3) is 4.51. The van der Waals surface area contributed by atoms with Gasteiger partial charge in [-0.25, -0.2) is 4.39 Å². The Morgan fingerprint density at radius 2 is 1.96 bits per heavy atom. The van der Waals surface area contributed by atoms with Crippen LogP contribution in [-0.2, 0) is 6.61 Å². The summed E-state index contributed by atoms with van der Waals surface area (Å²) in [5, 5.41) is 7.36. The SMILES string of the molecule is COc1cc(/C=C/c2nnc(N)o2)cc(I)c1OCc1ccc(F)cc1. The first-order chi connectivity index (χ1) is 12.5. The number of nitrogens with two attached hydrogens (primary N) is 1. The minimum atomic E-state index is -0.278. The van der Waals surface area contributed by atoms with Crippen molar-refractivity contribution in [3.8, 4) is 11.5 Å². The van der Waals surface area contributed by atoms with E-state index in [1.165, 1.54) is 12.1 Å². The quantitative estimate of drug-likeness (QED) is 0.549. The number of aromatic nitrogens is 2. The standard InChI is InChI=1S/C18H15FIN3O3/c1-24-15-9-12(4-7-16-22-23-18(21)26-16)8-14(20)17(15)25-10-11-2-5-13(19)6-3-11/h2-9H,10H2,1H3,(H2,21,23)/b7-4+. The minimum absolute atomic E-state index is 0.0151. The zero-order chi connectivity index (χ0) is 18.5. The third-order valence-corrected chi connectivity index (χ3v) is 4.22. The van der Waals surface area contributed by atoms with Gasteiger partial charge in [0.15, 0.2) is 11.5 Å². The Morgan fingerprint density at radius 3 is 2.62 bits per heavy atom. The van der Waals surface area contributed by atoms with Crippen molar-refractivity contribution in [1.82, 2.24) is 10.2 Å². The van der Waals surface area contributed by atoms with E-state index < -0.39 is 0 Å². The fraction of sp³-hybridized carbons (Fsp3) is 0.111. The maximum atomic E-state index is 13.0.